The van der Waals surface area contributed by atoms with Crippen molar-refractivity contribution in [3.63, 3.8) is 0 Å². The summed E-state index contributed by atoms with van der Waals surface area (Å²) in [4.78, 5) is 4.52. The maximum Gasteiger partial charge on any atom is 0.191 e. The van der Waals surface area contributed by atoms with E-state index in [2.05, 4.69) is 15.6 Å². The Labute approximate surface area is 137 Å². The highest BCUT2D eigenvalue weighted by Gasteiger charge is 2.28. The standard InChI is InChI=1S/C16H25N3O3S/c1-4-17-16(19-14-5-6-23(21,22)10-14)18-9-13-7-11(2)15(20)12(3)8-13/h7-8,14,20H,4-6,9-10H2,1-3H3,(H2,17,18,19). The molecule has 1 heterocycles. The van der Waals surface area contributed by atoms with E-state index in [1.807, 2.05) is 32.9 Å². The Morgan fingerprint density at radius 3 is 2.52 bits per heavy atom. The summed E-state index contributed by atoms with van der Waals surface area (Å²) in [5.41, 5.74) is 2.67. The highest BCUT2D eigenvalue weighted by atomic mass is 32.2. The third kappa shape index (κ3) is 4.86. The zero-order valence-corrected chi connectivity index (χ0v) is 14.7. The Morgan fingerprint density at radius 1 is 1.35 bits per heavy atom. The van der Waals surface area contributed by atoms with E-state index in [4.69, 9.17) is 0 Å². The Hall–Kier alpha value is -1.76. The smallest absolute Gasteiger partial charge is 0.191 e. The number of sulfone groups is 1. The van der Waals surface area contributed by atoms with E-state index in [0.717, 1.165) is 16.7 Å². The van der Waals surface area contributed by atoms with Gasteiger partial charge in [-0.25, -0.2) is 13.4 Å². The van der Waals surface area contributed by atoms with Crippen molar-refractivity contribution in [2.75, 3.05) is 18.1 Å². The van der Waals surface area contributed by atoms with Crippen LogP contribution in [-0.2, 0) is 16.4 Å². The lowest BCUT2D eigenvalue weighted by atomic mass is 10.1. The summed E-state index contributed by atoms with van der Waals surface area (Å²) in [6, 6.07) is 3.74. The number of hydrogen-bond donors (Lipinski definition) is 3. The second kappa shape index (κ2) is 7.21. The Balaban J connectivity index is 2.07. The fourth-order valence-electron chi connectivity index (χ4n) is 2.73. The molecule has 23 heavy (non-hydrogen) atoms. The number of phenols is 1. The van der Waals surface area contributed by atoms with Gasteiger partial charge in [0.1, 0.15) is 5.75 Å². The molecule has 1 saturated heterocycles. The van der Waals surface area contributed by atoms with E-state index < -0.39 is 9.84 Å². The van der Waals surface area contributed by atoms with Gasteiger partial charge in [0.25, 0.3) is 0 Å². The van der Waals surface area contributed by atoms with Gasteiger partial charge in [-0.2, -0.15) is 0 Å². The van der Waals surface area contributed by atoms with Gasteiger partial charge < -0.3 is 15.7 Å². The van der Waals surface area contributed by atoms with E-state index >= 15 is 0 Å². The lowest BCUT2D eigenvalue weighted by Gasteiger charge is -2.16. The van der Waals surface area contributed by atoms with Gasteiger partial charge in [0.2, 0.25) is 0 Å². The molecule has 1 aromatic carbocycles. The molecule has 1 unspecified atom stereocenters. The number of phenolic OH excluding ortho intramolecular Hbond substituents is 1. The van der Waals surface area contributed by atoms with Crippen molar-refractivity contribution in [2.24, 2.45) is 4.99 Å². The highest BCUT2D eigenvalue weighted by molar-refractivity contribution is 7.91. The van der Waals surface area contributed by atoms with Gasteiger partial charge in [0.05, 0.1) is 18.1 Å². The lowest BCUT2D eigenvalue weighted by molar-refractivity contribution is 0.466. The molecule has 0 spiro atoms. The van der Waals surface area contributed by atoms with E-state index in [-0.39, 0.29) is 17.5 Å². The number of aryl methyl sites for hydroxylation is 2. The number of rotatable bonds is 4. The number of nitrogens with zero attached hydrogens (tertiary/aromatic N) is 1. The largest absolute Gasteiger partial charge is 0.507 e. The van der Waals surface area contributed by atoms with Crippen LogP contribution < -0.4 is 10.6 Å². The number of aromatic hydroxyl groups is 1. The van der Waals surface area contributed by atoms with Crippen LogP contribution in [0.5, 0.6) is 5.75 Å². The monoisotopic (exact) mass is 339 g/mol. The molecular formula is C16H25N3O3S. The summed E-state index contributed by atoms with van der Waals surface area (Å²) in [5.74, 6) is 1.34. The first kappa shape index (κ1) is 17.6. The summed E-state index contributed by atoms with van der Waals surface area (Å²) in [7, 11) is -2.91. The van der Waals surface area contributed by atoms with Crippen molar-refractivity contribution in [1.82, 2.24) is 10.6 Å². The fraction of sp³-hybridized carbons (Fsp3) is 0.562. The minimum atomic E-state index is -2.91. The van der Waals surface area contributed by atoms with E-state index in [1.54, 1.807) is 0 Å². The normalized spacial score (nSPS) is 20.5. The number of aliphatic imine (C=N–C) groups is 1. The molecular weight excluding hydrogens is 314 g/mol. The average molecular weight is 339 g/mol. The number of benzene rings is 1. The second-order valence-corrected chi connectivity index (χ2v) is 8.25. The van der Waals surface area contributed by atoms with Crippen molar-refractivity contribution in [1.29, 1.82) is 0 Å². The first-order valence-electron chi connectivity index (χ1n) is 7.85. The Morgan fingerprint density at radius 2 is 2.00 bits per heavy atom. The molecule has 1 fully saturated rings. The zero-order valence-electron chi connectivity index (χ0n) is 13.9. The first-order chi connectivity index (χ1) is 10.8. The molecule has 0 bridgehead atoms. The van der Waals surface area contributed by atoms with Crippen LogP contribution in [0.1, 0.15) is 30.0 Å². The topological polar surface area (TPSA) is 90.8 Å². The third-order valence-electron chi connectivity index (χ3n) is 3.89. The van der Waals surface area contributed by atoms with E-state index in [0.29, 0.717) is 31.2 Å². The van der Waals surface area contributed by atoms with Gasteiger partial charge in [-0.05, 0) is 43.9 Å². The SMILES string of the molecule is CCNC(=NCc1cc(C)c(O)c(C)c1)NC1CCS(=O)(=O)C1. The summed E-state index contributed by atoms with van der Waals surface area (Å²) in [5, 5.41) is 16.1. The quantitative estimate of drug-likeness (QED) is 0.567. The molecule has 7 heteroatoms. The molecule has 6 nitrogen and oxygen atoms in total. The van der Waals surface area contributed by atoms with Crippen LogP contribution >= 0.6 is 0 Å². The van der Waals surface area contributed by atoms with Crippen LogP contribution in [0.15, 0.2) is 17.1 Å². The van der Waals surface area contributed by atoms with Gasteiger partial charge in [-0.3, -0.25) is 0 Å². The van der Waals surface area contributed by atoms with E-state index in [1.165, 1.54) is 0 Å². The van der Waals surface area contributed by atoms with Crippen LogP contribution in [-0.4, -0.2) is 43.6 Å². The summed E-state index contributed by atoms with van der Waals surface area (Å²) < 4.78 is 23.1. The summed E-state index contributed by atoms with van der Waals surface area (Å²) >= 11 is 0. The first-order valence-corrected chi connectivity index (χ1v) is 9.67. The van der Waals surface area contributed by atoms with Crippen LogP contribution in [0.2, 0.25) is 0 Å². The molecule has 0 aromatic heterocycles. The molecule has 1 aromatic rings. The average Bonchev–Trinajstić information content (AvgIpc) is 2.81. The molecule has 0 radical (unpaired) electrons. The molecule has 0 saturated carbocycles. The molecule has 1 atom stereocenters. The van der Waals surface area contributed by atoms with Crippen molar-refractivity contribution < 1.29 is 13.5 Å². The van der Waals surface area contributed by atoms with Crippen molar-refractivity contribution in [2.45, 2.75) is 39.8 Å². The molecule has 0 aliphatic carbocycles. The third-order valence-corrected chi connectivity index (χ3v) is 5.66. The molecule has 2 rings (SSSR count). The number of guanidine groups is 1. The molecule has 1 aliphatic rings. The van der Waals surface area contributed by atoms with Gasteiger partial charge >= 0.3 is 0 Å². The maximum atomic E-state index is 11.5. The van der Waals surface area contributed by atoms with Crippen LogP contribution in [0.4, 0.5) is 0 Å². The highest BCUT2D eigenvalue weighted by Crippen LogP contribution is 2.23. The molecule has 0 amide bonds. The number of hydrogen-bond acceptors (Lipinski definition) is 4. The maximum absolute atomic E-state index is 11.5. The second-order valence-electron chi connectivity index (χ2n) is 6.02. The lowest BCUT2D eigenvalue weighted by Crippen LogP contribution is -2.44. The van der Waals surface area contributed by atoms with Crippen molar-refractivity contribution in [3.05, 3.63) is 28.8 Å². The summed E-state index contributed by atoms with van der Waals surface area (Å²) in [6.07, 6.45) is 0.615. The summed E-state index contributed by atoms with van der Waals surface area (Å²) in [6.45, 7) is 6.87. The zero-order chi connectivity index (χ0) is 17.0. The van der Waals surface area contributed by atoms with Crippen LogP contribution in [0.25, 0.3) is 0 Å². The Bertz CT molecular complexity index is 676. The van der Waals surface area contributed by atoms with Crippen LogP contribution in [0, 0.1) is 13.8 Å². The minimum absolute atomic E-state index is 0.0823. The van der Waals surface area contributed by atoms with Gasteiger partial charge in [-0.1, -0.05) is 12.1 Å². The predicted octanol–water partition coefficient (Wildman–Crippen LogP) is 1.25. The number of nitrogens with one attached hydrogen (secondary N) is 2. The van der Waals surface area contributed by atoms with Crippen molar-refractivity contribution in [3.8, 4) is 5.75 Å². The minimum Gasteiger partial charge on any atom is -0.507 e. The van der Waals surface area contributed by atoms with Crippen molar-refractivity contribution >= 4 is 15.8 Å². The van der Waals surface area contributed by atoms with Gasteiger partial charge in [-0.15, -0.1) is 0 Å². The van der Waals surface area contributed by atoms with Crippen LogP contribution in [0.3, 0.4) is 0 Å². The van der Waals surface area contributed by atoms with Gasteiger partial charge in [0.15, 0.2) is 15.8 Å². The fourth-order valence-corrected chi connectivity index (χ4v) is 4.40. The van der Waals surface area contributed by atoms with E-state index in [9.17, 15) is 13.5 Å². The Kier molecular flexibility index (Phi) is 5.51. The molecule has 128 valence electrons. The molecule has 1 aliphatic heterocycles. The van der Waals surface area contributed by atoms with Gasteiger partial charge in [0, 0.05) is 12.6 Å². The predicted molar refractivity (Wildman–Crippen MR) is 92.6 cm³/mol. The molecule has 3 N–H and O–H groups in total.